The lowest BCUT2D eigenvalue weighted by molar-refractivity contribution is -0.182. The van der Waals surface area contributed by atoms with Crippen LogP contribution in [-0.2, 0) is 10.0 Å². The van der Waals surface area contributed by atoms with Gasteiger partial charge in [-0.05, 0) is 25.0 Å². The van der Waals surface area contributed by atoms with Gasteiger partial charge in [-0.2, -0.15) is 17.5 Å². The van der Waals surface area contributed by atoms with Crippen molar-refractivity contribution in [1.29, 1.82) is 0 Å². The Morgan fingerprint density at radius 1 is 1.20 bits per heavy atom. The zero-order chi connectivity index (χ0) is 15.0. The molecule has 3 nitrogen and oxygen atoms in total. The highest BCUT2D eigenvalue weighted by Gasteiger charge is 2.44. The highest BCUT2D eigenvalue weighted by molar-refractivity contribution is 7.89. The first kappa shape index (κ1) is 15.2. The summed E-state index contributed by atoms with van der Waals surface area (Å²) >= 11 is 0. The second-order valence-corrected chi connectivity index (χ2v) is 6.58. The third-order valence-electron chi connectivity index (χ3n) is 3.30. The van der Waals surface area contributed by atoms with Gasteiger partial charge in [0.2, 0.25) is 10.0 Å². The van der Waals surface area contributed by atoms with Crippen LogP contribution in [-0.4, -0.2) is 32.0 Å². The quantitative estimate of drug-likeness (QED) is 0.788. The SMILES string of the molecule is O=S(=O)(c1ccccc1F)N1CCCC(C(F)(F)F)C1. The maximum atomic E-state index is 13.5. The van der Waals surface area contributed by atoms with Crippen molar-refractivity contribution >= 4 is 10.0 Å². The normalized spacial score (nSPS) is 21.9. The van der Waals surface area contributed by atoms with Gasteiger partial charge in [0.25, 0.3) is 0 Å². The third kappa shape index (κ3) is 2.95. The lowest BCUT2D eigenvalue weighted by Gasteiger charge is -2.32. The van der Waals surface area contributed by atoms with Crippen molar-refractivity contribution in [2.75, 3.05) is 13.1 Å². The molecule has 112 valence electrons. The molecular weight excluding hydrogens is 298 g/mol. The molecule has 0 amide bonds. The number of rotatable bonds is 2. The first-order chi connectivity index (χ1) is 9.23. The van der Waals surface area contributed by atoms with Crippen LogP contribution in [0.25, 0.3) is 0 Å². The predicted octanol–water partition coefficient (Wildman–Crippen LogP) is 2.79. The average Bonchev–Trinajstić information content (AvgIpc) is 2.38. The number of piperidine rings is 1. The van der Waals surface area contributed by atoms with E-state index in [2.05, 4.69) is 0 Å². The van der Waals surface area contributed by atoms with E-state index < -0.39 is 39.4 Å². The van der Waals surface area contributed by atoms with Crippen LogP contribution < -0.4 is 0 Å². The summed E-state index contributed by atoms with van der Waals surface area (Å²) < 4.78 is 76.7. The summed E-state index contributed by atoms with van der Waals surface area (Å²) in [5.41, 5.74) is 0. The molecule has 1 heterocycles. The molecule has 0 saturated carbocycles. The van der Waals surface area contributed by atoms with Gasteiger partial charge in [0.15, 0.2) is 0 Å². The molecule has 0 radical (unpaired) electrons. The fourth-order valence-corrected chi connectivity index (χ4v) is 3.81. The Labute approximate surface area is 114 Å². The number of hydrogen-bond donors (Lipinski definition) is 0. The molecule has 8 heteroatoms. The Morgan fingerprint density at radius 2 is 1.85 bits per heavy atom. The van der Waals surface area contributed by atoms with Crippen molar-refractivity contribution in [1.82, 2.24) is 4.31 Å². The monoisotopic (exact) mass is 311 g/mol. The summed E-state index contributed by atoms with van der Waals surface area (Å²) in [5.74, 6) is -2.65. The minimum atomic E-state index is -4.44. The topological polar surface area (TPSA) is 37.4 Å². The maximum absolute atomic E-state index is 13.5. The molecule has 1 unspecified atom stereocenters. The van der Waals surface area contributed by atoms with Gasteiger partial charge >= 0.3 is 6.18 Å². The van der Waals surface area contributed by atoms with Gasteiger partial charge in [0, 0.05) is 13.1 Å². The van der Waals surface area contributed by atoms with Crippen LogP contribution in [0.15, 0.2) is 29.2 Å². The number of hydrogen-bond acceptors (Lipinski definition) is 2. The van der Waals surface area contributed by atoms with E-state index in [1.165, 1.54) is 12.1 Å². The second kappa shape index (κ2) is 5.33. The number of sulfonamides is 1. The van der Waals surface area contributed by atoms with Gasteiger partial charge in [-0.3, -0.25) is 0 Å². The number of alkyl halides is 3. The van der Waals surface area contributed by atoms with E-state index in [0.717, 1.165) is 12.1 Å². The first-order valence-corrected chi connectivity index (χ1v) is 7.48. The van der Waals surface area contributed by atoms with Gasteiger partial charge in [0.1, 0.15) is 10.7 Å². The summed E-state index contributed by atoms with van der Waals surface area (Å²) in [4.78, 5) is -0.581. The van der Waals surface area contributed by atoms with Crippen molar-refractivity contribution in [3.8, 4) is 0 Å². The minimum absolute atomic E-state index is 0.0246. The molecule has 1 aromatic rings. The molecule has 20 heavy (non-hydrogen) atoms. The van der Waals surface area contributed by atoms with E-state index in [4.69, 9.17) is 0 Å². The van der Waals surface area contributed by atoms with Crippen molar-refractivity contribution < 1.29 is 26.0 Å². The smallest absolute Gasteiger partial charge is 0.207 e. The van der Waals surface area contributed by atoms with Gasteiger partial charge in [-0.1, -0.05) is 12.1 Å². The van der Waals surface area contributed by atoms with E-state index in [0.29, 0.717) is 4.31 Å². The number of benzene rings is 1. The highest BCUT2D eigenvalue weighted by atomic mass is 32.2. The molecule has 1 saturated heterocycles. The molecule has 1 aliphatic rings. The molecule has 2 rings (SSSR count). The molecular formula is C12H13F4NO2S. The highest BCUT2D eigenvalue weighted by Crippen LogP contribution is 2.35. The van der Waals surface area contributed by atoms with Crippen LogP contribution in [0.1, 0.15) is 12.8 Å². The fraction of sp³-hybridized carbons (Fsp3) is 0.500. The van der Waals surface area contributed by atoms with Crippen molar-refractivity contribution in [3.63, 3.8) is 0 Å². The number of halogens is 4. The molecule has 1 aliphatic heterocycles. The first-order valence-electron chi connectivity index (χ1n) is 6.04. The van der Waals surface area contributed by atoms with Crippen LogP contribution in [0.4, 0.5) is 17.6 Å². The molecule has 0 spiro atoms. The van der Waals surface area contributed by atoms with Crippen molar-refractivity contribution in [3.05, 3.63) is 30.1 Å². The Balaban J connectivity index is 2.29. The molecule has 1 fully saturated rings. The van der Waals surface area contributed by atoms with E-state index in [1.54, 1.807) is 0 Å². The van der Waals surface area contributed by atoms with Gasteiger partial charge < -0.3 is 0 Å². The lowest BCUT2D eigenvalue weighted by Crippen LogP contribution is -2.44. The standard InChI is InChI=1S/C12H13F4NO2S/c13-10-5-1-2-6-11(10)20(18,19)17-7-3-4-9(8-17)12(14,15)16/h1-2,5-6,9H,3-4,7-8H2. The summed E-state index contributed by atoms with van der Waals surface area (Å²) in [6.07, 6.45) is -4.44. The van der Waals surface area contributed by atoms with Crippen LogP contribution in [0.3, 0.4) is 0 Å². The van der Waals surface area contributed by atoms with E-state index in [1.807, 2.05) is 0 Å². The summed E-state index contributed by atoms with van der Waals surface area (Å²) in [6.45, 7) is -0.677. The minimum Gasteiger partial charge on any atom is -0.207 e. The molecule has 1 aromatic carbocycles. The Morgan fingerprint density at radius 3 is 2.45 bits per heavy atom. The zero-order valence-corrected chi connectivity index (χ0v) is 11.2. The van der Waals surface area contributed by atoms with Crippen LogP contribution in [0.2, 0.25) is 0 Å². The van der Waals surface area contributed by atoms with E-state index in [-0.39, 0.29) is 19.4 Å². The molecule has 0 aromatic heterocycles. The van der Waals surface area contributed by atoms with E-state index >= 15 is 0 Å². The molecule has 0 N–H and O–H groups in total. The number of nitrogens with zero attached hydrogens (tertiary/aromatic N) is 1. The second-order valence-electron chi connectivity index (χ2n) is 4.67. The molecule has 1 atom stereocenters. The van der Waals surface area contributed by atoms with Crippen LogP contribution >= 0.6 is 0 Å². The van der Waals surface area contributed by atoms with Gasteiger partial charge in [-0.15, -0.1) is 0 Å². The molecule has 0 aliphatic carbocycles. The van der Waals surface area contributed by atoms with Crippen LogP contribution in [0.5, 0.6) is 0 Å². The van der Waals surface area contributed by atoms with E-state index in [9.17, 15) is 26.0 Å². The van der Waals surface area contributed by atoms with Crippen molar-refractivity contribution in [2.45, 2.75) is 23.9 Å². The maximum Gasteiger partial charge on any atom is 0.393 e. The Hall–Kier alpha value is -1.15. The lowest BCUT2D eigenvalue weighted by atomic mass is 9.99. The summed E-state index contributed by atoms with van der Waals surface area (Å²) in [7, 11) is -4.23. The average molecular weight is 311 g/mol. The Bertz CT molecular complexity index is 585. The van der Waals surface area contributed by atoms with Crippen LogP contribution in [0, 0.1) is 11.7 Å². The Kier molecular flexibility index (Phi) is 4.06. The fourth-order valence-electron chi connectivity index (χ4n) is 2.22. The molecule has 0 bridgehead atoms. The van der Waals surface area contributed by atoms with Gasteiger partial charge in [-0.25, -0.2) is 12.8 Å². The van der Waals surface area contributed by atoms with Crippen molar-refractivity contribution in [2.24, 2.45) is 5.92 Å². The van der Waals surface area contributed by atoms with Gasteiger partial charge in [0.05, 0.1) is 5.92 Å². The largest absolute Gasteiger partial charge is 0.393 e. The predicted molar refractivity (Wildman–Crippen MR) is 63.9 cm³/mol. The summed E-state index contributed by atoms with van der Waals surface area (Å²) in [5, 5.41) is 0. The summed E-state index contributed by atoms with van der Waals surface area (Å²) in [6, 6.07) is 4.68. The third-order valence-corrected chi connectivity index (χ3v) is 5.20. The zero-order valence-electron chi connectivity index (χ0n) is 10.4.